The molecule has 0 bridgehead atoms. The predicted octanol–water partition coefficient (Wildman–Crippen LogP) is 4.89. The fraction of sp³-hybridized carbons (Fsp3) is 0.259. The van der Waals surface area contributed by atoms with E-state index in [4.69, 9.17) is 0 Å². The van der Waals surface area contributed by atoms with Crippen molar-refractivity contribution in [2.75, 3.05) is 16.4 Å². The summed E-state index contributed by atoms with van der Waals surface area (Å²) in [6.07, 6.45) is 0.806. The van der Waals surface area contributed by atoms with Crippen LogP contribution in [-0.2, 0) is 25.8 Å². The van der Waals surface area contributed by atoms with Crippen LogP contribution >= 0.6 is 0 Å². The second-order valence-corrected chi connectivity index (χ2v) is 10.9. The van der Waals surface area contributed by atoms with Crippen LogP contribution in [-0.4, -0.2) is 26.0 Å². The lowest BCUT2D eigenvalue weighted by atomic mass is 9.99. The first-order chi connectivity index (χ1) is 16.2. The zero-order valence-electron chi connectivity index (χ0n) is 19.2. The van der Waals surface area contributed by atoms with Crippen LogP contribution in [0.1, 0.15) is 48.8 Å². The lowest BCUT2D eigenvalue weighted by molar-refractivity contribution is -0.117. The van der Waals surface area contributed by atoms with Gasteiger partial charge in [0.05, 0.1) is 16.6 Å². The van der Waals surface area contributed by atoms with Gasteiger partial charge >= 0.3 is 0 Å². The minimum Gasteiger partial charge on any atom is -0.326 e. The Morgan fingerprint density at radius 3 is 2.32 bits per heavy atom. The smallest absolute Gasteiger partial charge is 0.232 e. The van der Waals surface area contributed by atoms with Crippen molar-refractivity contribution in [3.63, 3.8) is 0 Å². The van der Waals surface area contributed by atoms with Gasteiger partial charge in [-0.15, -0.1) is 0 Å². The van der Waals surface area contributed by atoms with Gasteiger partial charge in [-0.2, -0.15) is 0 Å². The Kier molecular flexibility index (Phi) is 6.84. The molecule has 0 aromatic heterocycles. The van der Waals surface area contributed by atoms with E-state index in [1.807, 2.05) is 30.3 Å². The molecule has 176 valence electrons. The van der Waals surface area contributed by atoms with E-state index >= 15 is 0 Å². The van der Waals surface area contributed by atoms with Gasteiger partial charge in [0.15, 0.2) is 9.84 Å². The second-order valence-electron chi connectivity index (χ2n) is 8.88. The van der Waals surface area contributed by atoms with E-state index in [2.05, 4.69) is 24.5 Å². The SMILES string of the molecule is CC(C)c1ccc(NC(=O)C(CS(=O)(=O)c2ccc3c(c2)CCC(=O)N3)c2ccccc2)cc1. The van der Waals surface area contributed by atoms with Crippen molar-refractivity contribution in [2.45, 2.75) is 43.4 Å². The van der Waals surface area contributed by atoms with Gasteiger partial charge in [0.25, 0.3) is 0 Å². The van der Waals surface area contributed by atoms with Gasteiger partial charge in [0, 0.05) is 17.8 Å². The van der Waals surface area contributed by atoms with Crippen molar-refractivity contribution in [2.24, 2.45) is 0 Å². The Morgan fingerprint density at radius 2 is 1.65 bits per heavy atom. The molecule has 4 rings (SSSR count). The number of nitrogens with one attached hydrogen (secondary N) is 2. The summed E-state index contributed by atoms with van der Waals surface area (Å²) >= 11 is 0. The van der Waals surface area contributed by atoms with Crippen molar-refractivity contribution in [1.82, 2.24) is 0 Å². The summed E-state index contributed by atoms with van der Waals surface area (Å²) in [5.41, 5.74) is 3.83. The third-order valence-corrected chi connectivity index (χ3v) is 7.83. The van der Waals surface area contributed by atoms with Crippen LogP contribution < -0.4 is 10.6 Å². The van der Waals surface area contributed by atoms with E-state index in [1.54, 1.807) is 36.4 Å². The van der Waals surface area contributed by atoms with Gasteiger partial charge in [-0.3, -0.25) is 9.59 Å². The normalized spacial score (nSPS) is 14.3. The molecular weight excluding hydrogens is 448 g/mol. The maximum atomic E-state index is 13.4. The van der Waals surface area contributed by atoms with Crippen molar-refractivity contribution < 1.29 is 18.0 Å². The minimum absolute atomic E-state index is 0.0784. The third-order valence-electron chi connectivity index (χ3n) is 6.08. The van der Waals surface area contributed by atoms with E-state index in [1.165, 1.54) is 6.07 Å². The van der Waals surface area contributed by atoms with Gasteiger partial charge in [-0.05, 0) is 59.4 Å². The number of sulfone groups is 1. The highest BCUT2D eigenvalue weighted by molar-refractivity contribution is 7.91. The molecule has 1 atom stereocenters. The van der Waals surface area contributed by atoms with Crippen molar-refractivity contribution >= 4 is 33.0 Å². The number of carbonyl (C=O) groups is 2. The summed E-state index contributed by atoms with van der Waals surface area (Å²) in [7, 11) is -3.78. The first-order valence-corrected chi connectivity index (χ1v) is 13.0. The summed E-state index contributed by atoms with van der Waals surface area (Å²) in [5, 5.41) is 5.65. The van der Waals surface area contributed by atoms with Gasteiger partial charge in [-0.25, -0.2) is 8.42 Å². The zero-order valence-corrected chi connectivity index (χ0v) is 20.1. The van der Waals surface area contributed by atoms with E-state index < -0.39 is 15.8 Å². The molecule has 0 saturated carbocycles. The maximum absolute atomic E-state index is 13.4. The average molecular weight is 477 g/mol. The molecule has 2 N–H and O–H groups in total. The molecule has 1 unspecified atom stereocenters. The first-order valence-electron chi connectivity index (χ1n) is 11.3. The number of rotatable bonds is 7. The second kappa shape index (κ2) is 9.81. The number of fused-ring (bicyclic) bond motifs is 1. The molecule has 6 nitrogen and oxygen atoms in total. The monoisotopic (exact) mass is 476 g/mol. The van der Waals surface area contributed by atoms with Gasteiger partial charge < -0.3 is 10.6 Å². The first kappa shape index (κ1) is 23.7. The van der Waals surface area contributed by atoms with Crippen LogP contribution in [0.3, 0.4) is 0 Å². The van der Waals surface area contributed by atoms with Crippen LogP contribution in [0.4, 0.5) is 11.4 Å². The summed E-state index contributed by atoms with van der Waals surface area (Å²) in [6.45, 7) is 4.19. The highest BCUT2D eigenvalue weighted by Gasteiger charge is 2.29. The van der Waals surface area contributed by atoms with Gasteiger partial charge in [-0.1, -0.05) is 56.3 Å². The highest BCUT2D eigenvalue weighted by Crippen LogP contribution is 2.29. The fourth-order valence-corrected chi connectivity index (χ4v) is 5.63. The van der Waals surface area contributed by atoms with Crippen LogP contribution in [0.2, 0.25) is 0 Å². The Morgan fingerprint density at radius 1 is 0.941 bits per heavy atom. The average Bonchev–Trinajstić information content (AvgIpc) is 2.83. The van der Waals surface area contributed by atoms with Crippen LogP contribution in [0.5, 0.6) is 0 Å². The largest absolute Gasteiger partial charge is 0.326 e. The molecule has 0 spiro atoms. The Bertz CT molecular complexity index is 1300. The maximum Gasteiger partial charge on any atom is 0.232 e. The molecule has 3 aromatic carbocycles. The Hall–Kier alpha value is -3.45. The fourth-order valence-electron chi connectivity index (χ4n) is 4.06. The third kappa shape index (κ3) is 5.37. The topological polar surface area (TPSA) is 92.3 Å². The molecule has 1 aliphatic rings. The number of aryl methyl sites for hydroxylation is 1. The number of hydrogen-bond donors (Lipinski definition) is 2. The number of amides is 2. The molecular formula is C27H28N2O4S. The molecule has 34 heavy (non-hydrogen) atoms. The number of anilines is 2. The summed E-state index contributed by atoms with van der Waals surface area (Å²) < 4.78 is 26.8. The van der Waals surface area contributed by atoms with E-state index in [0.29, 0.717) is 35.7 Å². The number of hydrogen-bond acceptors (Lipinski definition) is 4. The quantitative estimate of drug-likeness (QED) is 0.508. The summed E-state index contributed by atoms with van der Waals surface area (Å²) in [6, 6.07) is 21.3. The zero-order chi connectivity index (χ0) is 24.3. The lowest BCUT2D eigenvalue weighted by Crippen LogP contribution is -2.28. The van der Waals surface area contributed by atoms with Crippen molar-refractivity contribution in [3.8, 4) is 0 Å². The van der Waals surface area contributed by atoms with Gasteiger partial charge in [0.1, 0.15) is 0 Å². The molecule has 0 saturated heterocycles. The highest BCUT2D eigenvalue weighted by atomic mass is 32.2. The molecule has 0 fully saturated rings. The van der Waals surface area contributed by atoms with Crippen molar-refractivity contribution in [3.05, 3.63) is 89.5 Å². The molecule has 7 heteroatoms. The molecule has 3 aromatic rings. The van der Waals surface area contributed by atoms with Gasteiger partial charge in [0.2, 0.25) is 11.8 Å². The summed E-state index contributed by atoms with van der Waals surface area (Å²) in [4.78, 5) is 25.1. The molecule has 0 radical (unpaired) electrons. The molecule has 1 heterocycles. The minimum atomic E-state index is -3.78. The number of benzene rings is 3. The standard InChI is InChI=1S/C27H28N2O4S/c1-18(2)19-8-11-22(12-9-19)28-27(31)24(20-6-4-3-5-7-20)17-34(32,33)23-13-14-25-21(16-23)10-15-26(30)29-25/h3-9,11-14,16,18,24H,10,15,17H2,1-2H3,(H,28,31)(H,29,30). The Labute approximate surface area is 200 Å². The Balaban J connectivity index is 1.60. The van der Waals surface area contributed by atoms with Crippen LogP contribution in [0, 0.1) is 0 Å². The molecule has 2 amide bonds. The van der Waals surface area contributed by atoms with E-state index in [9.17, 15) is 18.0 Å². The predicted molar refractivity (Wildman–Crippen MR) is 134 cm³/mol. The molecule has 0 aliphatic carbocycles. The van der Waals surface area contributed by atoms with Crippen molar-refractivity contribution in [1.29, 1.82) is 0 Å². The van der Waals surface area contributed by atoms with E-state index in [0.717, 1.165) is 11.1 Å². The molecule has 1 aliphatic heterocycles. The van der Waals surface area contributed by atoms with Crippen LogP contribution in [0.15, 0.2) is 77.7 Å². The summed E-state index contributed by atoms with van der Waals surface area (Å²) in [5.74, 6) is -1.33. The van der Waals surface area contributed by atoms with E-state index in [-0.39, 0.29) is 22.5 Å². The van der Waals surface area contributed by atoms with Crippen LogP contribution in [0.25, 0.3) is 0 Å². The number of carbonyl (C=O) groups excluding carboxylic acids is 2. The lowest BCUT2D eigenvalue weighted by Gasteiger charge is -2.20.